The first-order valence-electron chi connectivity index (χ1n) is 10.9. The summed E-state index contributed by atoms with van der Waals surface area (Å²) >= 11 is 6.04. The number of nitrogens with zero attached hydrogens (tertiary/aromatic N) is 3. The highest BCUT2D eigenvalue weighted by Crippen LogP contribution is 2.37. The van der Waals surface area contributed by atoms with Gasteiger partial charge in [-0.1, -0.05) is 23.7 Å². The molecule has 3 aliphatic rings. The summed E-state index contributed by atoms with van der Waals surface area (Å²) in [6, 6.07) is 7.76. The van der Waals surface area contributed by atoms with Crippen molar-refractivity contribution < 1.29 is 14.3 Å². The zero-order valence-electron chi connectivity index (χ0n) is 17.7. The smallest absolute Gasteiger partial charge is 0.272 e. The van der Waals surface area contributed by atoms with Crippen molar-refractivity contribution in [2.75, 3.05) is 13.1 Å². The molecular weight excluding hydrogens is 416 g/mol. The van der Waals surface area contributed by atoms with Gasteiger partial charge in [-0.2, -0.15) is 5.10 Å². The number of hydrogen-bond acceptors (Lipinski definition) is 4. The first-order valence-corrected chi connectivity index (χ1v) is 11.3. The van der Waals surface area contributed by atoms with E-state index >= 15 is 0 Å². The molecule has 0 atom stereocenters. The molecule has 1 aromatic carbocycles. The van der Waals surface area contributed by atoms with Crippen LogP contribution in [0.5, 0.6) is 0 Å². The third-order valence-corrected chi connectivity index (χ3v) is 6.92. The van der Waals surface area contributed by atoms with Crippen LogP contribution in [0.25, 0.3) is 0 Å². The van der Waals surface area contributed by atoms with Crippen molar-refractivity contribution in [3.05, 3.63) is 51.8 Å². The molecule has 0 unspecified atom stereocenters. The van der Waals surface area contributed by atoms with E-state index in [1.165, 1.54) is 0 Å². The molecule has 0 bridgehead atoms. The second-order valence-electron chi connectivity index (χ2n) is 8.98. The molecule has 2 aliphatic heterocycles. The summed E-state index contributed by atoms with van der Waals surface area (Å²) < 4.78 is 8.16. The number of aryl methyl sites for hydroxylation is 1. The number of aromatic nitrogens is 2. The van der Waals surface area contributed by atoms with Crippen LogP contribution >= 0.6 is 11.6 Å². The van der Waals surface area contributed by atoms with E-state index in [1.54, 1.807) is 0 Å². The summed E-state index contributed by atoms with van der Waals surface area (Å²) in [6.07, 6.45) is 4.74. The van der Waals surface area contributed by atoms with Crippen LogP contribution in [-0.2, 0) is 36.0 Å². The molecule has 1 saturated heterocycles. The fourth-order valence-corrected chi connectivity index (χ4v) is 4.85. The fraction of sp³-hybridized carbons (Fsp3) is 0.522. The monoisotopic (exact) mass is 442 g/mol. The minimum Gasteiger partial charge on any atom is -0.370 e. The maximum Gasteiger partial charge on any atom is 0.272 e. The molecule has 7 nitrogen and oxygen atoms in total. The SMILES string of the molecule is Cn1nc(C(=O)NC2CC2)c2c1CC1(CCN(C(=O)Cc3cccc(Cl)c3)CC1)OC2. The number of ether oxygens (including phenoxy) is 1. The third-order valence-electron chi connectivity index (χ3n) is 6.69. The first kappa shape index (κ1) is 20.5. The lowest BCUT2D eigenvalue weighted by atomic mass is 9.83. The van der Waals surface area contributed by atoms with Crippen LogP contribution < -0.4 is 5.32 Å². The largest absolute Gasteiger partial charge is 0.370 e. The van der Waals surface area contributed by atoms with Crippen molar-refractivity contribution in [2.24, 2.45) is 7.05 Å². The van der Waals surface area contributed by atoms with Crippen LogP contribution in [0.15, 0.2) is 24.3 Å². The van der Waals surface area contributed by atoms with Crippen LogP contribution in [0.4, 0.5) is 0 Å². The number of likely N-dealkylation sites (tertiary alicyclic amines) is 1. The second-order valence-corrected chi connectivity index (χ2v) is 9.42. The zero-order chi connectivity index (χ0) is 21.6. The van der Waals surface area contributed by atoms with Gasteiger partial charge in [0.15, 0.2) is 5.69 Å². The zero-order valence-corrected chi connectivity index (χ0v) is 18.5. The number of hydrogen-bond donors (Lipinski definition) is 1. The van der Waals surface area contributed by atoms with E-state index in [2.05, 4.69) is 10.4 Å². The van der Waals surface area contributed by atoms with Gasteiger partial charge >= 0.3 is 0 Å². The highest BCUT2D eigenvalue weighted by molar-refractivity contribution is 6.30. The van der Waals surface area contributed by atoms with Crippen molar-refractivity contribution in [3.8, 4) is 0 Å². The number of nitrogens with one attached hydrogen (secondary N) is 1. The molecule has 8 heteroatoms. The highest BCUT2D eigenvalue weighted by Gasteiger charge is 2.42. The number of fused-ring (bicyclic) bond motifs is 1. The van der Waals surface area contributed by atoms with E-state index in [-0.39, 0.29) is 17.4 Å². The number of rotatable bonds is 4. The van der Waals surface area contributed by atoms with Gasteiger partial charge in [0.1, 0.15) is 0 Å². The lowest BCUT2D eigenvalue weighted by Gasteiger charge is -2.44. The standard InChI is InChI=1S/C23H27ClN4O3/c1-27-19-13-23(31-14-18(19)21(26-27)22(30)25-17-5-6-17)7-9-28(10-8-23)20(29)12-15-3-2-4-16(24)11-15/h2-4,11,17H,5-10,12-14H2,1H3,(H,25,30). The number of amides is 2. The molecule has 1 saturated carbocycles. The Morgan fingerprint density at radius 2 is 2.06 bits per heavy atom. The number of piperidine rings is 1. The van der Waals surface area contributed by atoms with E-state index < -0.39 is 0 Å². The lowest BCUT2D eigenvalue weighted by molar-refractivity contribution is -0.140. The van der Waals surface area contributed by atoms with Gasteiger partial charge in [-0.3, -0.25) is 14.3 Å². The summed E-state index contributed by atoms with van der Waals surface area (Å²) in [5.74, 6) is 0.0218. The number of carbonyl (C=O) groups is 2. The van der Waals surface area contributed by atoms with E-state index in [9.17, 15) is 9.59 Å². The molecule has 1 N–H and O–H groups in total. The van der Waals surface area contributed by atoms with Gasteiger partial charge in [0.2, 0.25) is 5.91 Å². The van der Waals surface area contributed by atoms with E-state index in [1.807, 2.05) is 40.9 Å². The molecular formula is C23H27ClN4O3. The summed E-state index contributed by atoms with van der Waals surface area (Å²) in [5, 5.41) is 8.17. The van der Waals surface area contributed by atoms with Gasteiger partial charge in [0, 0.05) is 48.9 Å². The minimum atomic E-state index is -0.294. The Morgan fingerprint density at radius 3 is 2.77 bits per heavy atom. The summed E-state index contributed by atoms with van der Waals surface area (Å²) in [5.41, 5.74) is 3.12. The van der Waals surface area contributed by atoms with Crippen LogP contribution in [0.2, 0.25) is 5.02 Å². The number of benzene rings is 1. The van der Waals surface area contributed by atoms with Crippen molar-refractivity contribution in [3.63, 3.8) is 0 Å². The molecule has 2 aromatic rings. The normalized spacial score (nSPS) is 19.9. The van der Waals surface area contributed by atoms with Gasteiger partial charge in [-0.05, 0) is 43.4 Å². The maximum atomic E-state index is 12.8. The molecule has 5 rings (SSSR count). The Morgan fingerprint density at radius 1 is 1.29 bits per heavy atom. The van der Waals surface area contributed by atoms with Crippen molar-refractivity contribution >= 4 is 23.4 Å². The van der Waals surface area contributed by atoms with Gasteiger partial charge < -0.3 is 15.0 Å². The van der Waals surface area contributed by atoms with Crippen LogP contribution in [0.1, 0.15) is 53.0 Å². The van der Waals surface area contributed by atoms with Crippen molar-refractivity contribution in [2.45, 2.75) is 56.8 Å². The minimum absolute atomic E-state index is 0.0969. The predicted molar refractivity (Wildman–Crippen MR) is 116 cm³/mol. The quantitative estimate of drug-likeness (QED) is 0.789. The topological polar surface area (TPSA) is 76.5 Å². The molecule has 31 heavy (non-hydrogen) atoms. The Labute approximate surface area is 186 Å². The molecule has 1 spiro atoms. The first-order chi connectivity index (χ1) is 14.9. The summed E-state index contributed by atoms with van der Waals surface area (Å²) in [6.45, 7) is 1.73. The fourth-order valence-electron chi connectivity index (χ4n) is 4.64. The molecule has 1 aromatic heterocycles. The molecule has 1 aliphatic carbocycles. The van der Waals surface area contributed by atoms with Gasteiger partial charge in [0.25, 0.3) is 5.91 Å². The highest BCUT2D eigenvalue weighted by atomic mass is 35.5. The number of halogens is 1. The van der Waals surface area contributed by atoms with Crippen LogP contribution in [0, 0.1) is 0 Å². The summed E-state index contributed by atoms with van der Waals surface area (Å²) in [7, 11) is 1.90. The molecule has 0 radical (unpaired) electrons. The molecule has 3 heterocycles. The van der Waals surface area contributed by atoms with Crippen LogP contribution in [0.3, 0.4) is 0 Å². The van der Waals surface area contributed by atoms with Crippen molar-refractivity contribution in [1.29, 1.82) is 0 Å². The molecule has 2 fully saturated rings. The van der Waals surface area contributed by atoms with Gasteiger partial charge in [-0.15, -0.1) is 0 Å². The lowest BCUT2D eigenvalue weighted by Crippen LogP contribution is -2.51. The van der Waals surface area contributed by atoms with Gasteiger partial charge in [0.05, 0.1) is 18.6 Å². The second kappa shape index (κ2) is 7.95. The molecule has 164 valence electrons. The van der Waals surface area contributed by atoms with E-state index in [4.69, 9.17) is 16.3 Å². The summed E-state index contributed by atoms with van der Waals surface area (Å²) in [4.78, 5) is 27.2. The maximum absolute atomic E-state index is 12.8. The third kappa shape index (κ3) is 4.21. The Hall–Kier alpha value is -2.38. The Bertz CT molecular complexity index is 1020. The Balaban J connectivity index is 1.23. The Kier molecular flexibility index (Phi) is 5.26. The number of carbonyl (C=O) groups excluding carboxylic acids is 2. The predicted octanol–water partition coefficient (Wildman–Crippen LogP) is 2.64. The van der Waals surface area contributed by atoms with Gasteiger partial charge in [-0.25, -0.2) is 0 Å². The average molecular weight is 443 g/mol. The van der Waals surface area contributed by atoms with Crippen LogP contribution in [-0.4, -0.2) is 51.2 Å². The van der Waals surface area contributed by atoms with E-state index in [0.717, 1.165) is 48.9 Å². The average Bonchev–Trinajstić information content (AvgIpc) is 3.50. The molecule has 2 amide bonds. The van der Waals surface area contributed by atoms with E-state index in [0.29, 0.717) is 42.9 Å². The van der Waals surface area contributed by atoms with Crippen molar-refractivity contribution in [1.82, 2.24) is 20.0 Å².